The van der Waals surface area contributed by atoms with Gasteiger partial charge >= 0.3 is 0 Å². The fourth-order valence-corrected chi connectivity index (χ4v) is 12.1. The van der Waals surface area contributed by atoms with E-state index in [9.17, 15) is 0 Å². The van der Waals surface area contributed by atoms with Gasteiger partial charge in [-0.1, -0.05) is 84.6 Å². The molecule has 0 spiro atoms. The highest BCUT2D eigenvalue weighted by atomic mass is 16.5. The molecular formula is C64H44N2O2. The molecule has 0 atom stereocenters. The summed E-state index contributed by atoms with van der Waals surface area (Å²) in [5.74, 6) is 19.6. The van der Waals surface area contributed by atoms with Crippen molar-refractivity contribution in [1.29, 1.82) is 0 Å². The SMILES string of the molecule is C#CCn1c2ccc(OC)cc2c2c(-c3ccc4c(c3)C(CC#C)(CC#C)c3ccccc3-4)c3c(c(-c4ccc5c(c4)C(CC#C)(CC#C)c4ccccc4-5)c21)c1cc(OC)ccc1n3CC#C. The van der Waals surface area contributed by atoms with E-state index in [1.165, 1.54) is 0 Å². The predicted octanol–water partition coefficient (Wildman–Crippen LogP) is 13.1. The van der Waals surface area contributed by atoms with Crippen molar-refractivity contribution in [1.82, 2.24) is 9.13 Å². The van der Waals surface area contributed by atoms with Gasteiger partial charge in [0.25, 0.3) is 0 Å². The summed E-state index contributed by atoms with van der Waals surface area (Å²) in [5.41, 5.74) is 15.6. The van der Waals surface area contributed by atoms with Crippen LogP contribution < -0.4 is 9.47 Å². The first kappa shape index (κ1) is 41.8. The zero-order valence-electron chi connectivity index (χ0n) is 38.0. The van der Waals surface area contributed by atoms with E-state index in [1.807, 2.05) is 12.1 Å². The van der Waals surface area contributed by atoms with E-state index >= 15 is 0 Å². The van der Waals surface area contributed by atoms with E-state index < -0.39 is 10.8 Å². The lowest BCUT2D eigenvalue weighted by atomic mass is 9.72. The number of methoxy groups -OCH3 is 2. The van der Waals surface area contributed by atoms with Crippen LogP contribution in [0.4, 0.5) is 0 Å². The molecule has 7 aromatic carbocycles. The first-order valence-corrected chi connectivity index (χ1v) is 22.6. The van der Waals surface area contributed by atoms with Crippen LogP contribution >= 0.6 is 0 Å². The Balaban J connectivity index is 1.38. The maximum atomic E-state index is 6.39. The Hall–Kier alpha value is -8.90. The van der Waals surface area contributed by atoms with Gasteiger partial charge in [-0.3, -0.25) is 0 Å². The van der Waals surface area contributed by atoms with Crippen molar-refractivity contribution >= 4 is 43.6 Å². The van der Waals surface area contributed by atoms with E-state index in [0.717, 1.165) is 110 Å². The summed E-state index contributed by atoms with van der Waals surface area (Å²) in [6, 6.07) is 43.0. The third-order valence-corrected chi connectivity index (χ3v) is 14.7. The van der Waals surface area contributed by atoms with Crippen LogP contribution in [-0.2, 0) is 23.9 Å². The lowest BCUT2D eigenvalue weighted by Gasteiger charge is -2.29. The molecule has 4 heteroatoms. The second-order valence-corrected chi connectivity index (χ2v) is 17.8. The lowest BCUT2D eigenvalue weighted by molar-refractivity contribution is 0.415. The largest absolute Gasteiger partial charge is 0.497 e. The minimum atomic E-state index is -0.603. The van der Waals surface area contributed by atoms with Crippen LogP contribution in [0.2, 0.25) is 0 Å². The molecule has 0 radical (unpaired) electrons. The molecule has 2 aliphatic rings. The third kappa shape index (κ3) is 5.60. The quantitative estimate of drug-likeness (QED) is 0.128. The number of hydrogen-bond acceptors (Lipinski definition) is 2. The Morgan fingerprint density at radius 1 is 0.426 bits per heavy atom. The Morgan fingerprint density at radius 2 is 0.809 bits per heavy atom. The van der Waals surface area contributed by atoms with Gasteiger partial charge in [0.05, 0.1) is 49.4 Å². The fraction of sp³-hybridized carbons (Fsp3) is 0.156. The van der Waals surface area contributed by atoms with Gasteiger partial charge in [0.1, 0.15) is 11.5 Å². The summed E-state index contributed by atoms with van der Waals surface area (Å²) in [4.78, 5) is 0. The first-order chi connectivity index (χ1) is 33.4. The number of nitrogens with zero attached hydrogens (tertiary/aromatic N) is 2. The molecule has 4 nitrogen and oxygen atoms in total. The third-order valence-electron chi connectivity index (χ3n) is 14.7. The predicted molar refractivity (Wildman–Crippen MR) is 280 cm³/mol. The van der Waals surface area contributed by atoms with Gasteiger partial charge in [0.2, 0.25) is 0 Å². The Labute approximate surface area is 397 Å². The first-order valence-electron chi connectivity index (χ1n) is 22.6. The van der Waals surface area contributed by atoms with Crippen LogP contribution in [0.1, 0.15) is 47.9 Å². The number of terminal acetylenes is 6. The van der Waals surface area contributed by atoms with Gasteiger partial charge < -0.3 is 18.6 Å². The monoisotopic (exact) mass is 872 g/mol. The molecule has 0 aliphatic heterocycles. The molecule has 322 valence electrons. The number of hydrogen-bond donors (Lipinski definition) is 0. The summed E-state index contributed by atoms with van der Waals surface area (Å²) >= 11 is 0. The van der Waals surface area contributed by atoms with E-state index in [4.69, 9.17) is 48.0 Å². The van der Waals surface area contributed by atoms with Crippen LogP contribution in [0.3, 0.4) is 0 Å². The normalized spacial score (nSPS) is 13.4. The Kier molecular flexibility index (Phi) is 9.78. The summed E-state index contributed by atoms with van der Waals surface area (Å²) < 4.78 is 16.5. The van der Waals surface area contributed by atoms with Crippen molar-refractivity contribution in [2.75, 3.05) is 14.2 Å². The van der Waals surface area contributed by atoms with Crippen LogP contribution in [0.15, 0.2) is 121 Å². The van der Waals surface area contributed by atoms with Gasteiger partial charge in [-0.15, -0.1) is 62.2 Å². The highest BCUT2D eigenvalue weighted by Crippen LogP contribution is 2.58. The minimum Gasteiger partial charge on any atom is -0.497 e. The van der Waals surface area contributed by atoms with Gasteiger partial charge in [0, 0.05) is 69.2 Å². The maximum absolute atomic E-state index is 6.39. The molecule has 2 heterocycles. The molecule has 2 aromatic heterocycles. The second kappa shape index (κ2) is 15.9. The van der Waals surface area contributed by atoms with E-state index in [-0.39, 0.29) is 13.1 Å². The molecule has 0 bridgehead atoms. The standard InChI is InChI=1S/C64H44N2O2/c1-9-31-63(32-10-2)51-21-17-15-19-45(51)47-27-23-41(37-53(47)63)57-59-49-39-43(67-7)25-29-55(49)66(36-14-6)62(59)58(60-50-40-44(68-8)26-30-56(50)65(35-13-5)61(57)60)42-24-28-48-46-20-16-18-22-52(46)64(33-11-3,34-12-4)54(48)38-42/h1-6,15-30,37-40H,31-36H2,7-8H3. The summed E-state index contributed by atoms with van der Waals surface area (Å²) in [7, 11) is 3.39. The molecule has 0 fully saturated rings. The van der Waals surface area contributed by atoms with E-state index in [2.05, 4.69) is 154 Å². The molecule has 9 aromatic rings. The molecular weight excluding hydrogens is 829 g/mol. The number of benzene rings is 7. The van der Waals surface area contributed by atoms with Crippen molar-refractivity contribution in [2.45, 2.75) is 49.6 Å². The average molecular weight is 873 g/mol. The molecule has 0 saturated heterocycles. The molecule has 0 N–H and O–H groups in total. The zero-order valence-corrected chi connectivity index (χ0v) is 38.0. The Morgan fingerprint density at radius 3 is 1.18 bits per heavy atom. The fourth-order valence-electron chi connectivity index (χ4n) is 12.1. The van der Waals surface area contributed by atoms with Crippen molar-refractivity contribution < 1.29 is 9.47 Å². The lowest BCUT2D eigenvalue weighted by Crippen LogP contribution is -2.24. The summed E-state index contributed by atoms with van der Waals surface area (Å²) in [6.45, 7) is 0.579. The average Bonchev–Trinajstić information content (AvgIpc) is 4.03. The number of rotatable bonds is 10. The summed E-state index contributed by atoms with van der Waals surface area (Å²) in [6.07, 6.45) is 39.6. The minimum absolute atomic E-state index is 0.290. The van der Waals surface area contributed by atoms with Crippen LogP contribution in [0, 0.1) is 74.1 Å². The highest BCUT2D eigenvalue weighted by molar-refractivity contribution is 6.33. The van der Waals surface area contributed by atoms with Gasteiger partial charge in [0.15, 0.2) is 0 Å². The van der Waals surface area contributed by atoms with E-state index in [0.29, 0.717) is 37.2 Å². The Bertz CT molecular complexity index is 3630. The topological polar surface area (TPSA) is 28.3 Å². The van der Waals surface area contributed by atoms with Gasteiger partial charge in [-0.2, -0.15) is 0 Å². The molecule has 11 rings (SSSR count). The van der Waals surface area contributed by atoms with Crippen molar-refractivity contribution in [3.05, 3.63) is 144 Å². The van der Waals surface area contributed by atoms with Gasteiger partial charge in [-0.25, -0.2) is 0 Å². The van der Waals surface area contributed by atoms with Crippen molar-refractivity contribution in [3.8, 4) is 130 Å². The number of ether oxygens (including phenoxy) is 2. The van der Waals surface area contributed by atoms with Crippen molar-refractivity contribution in [2.24, 2.45) is 0 Å². The molecule has 0 unspecified atom stereocenters. The smallest absolute Gasteiger partial charge is 0.119 e. The number of aromatic nitrogens is 2. The van der Waals surface area contributed by atoms with Crippen LogP contribution in [-0.4, -0.2) is 23.4 Å². The van der Waals surface area contributed by atoms with E-state index in [1.54, 1.807) is 14.2 Å². The van der Waals surface area contributed by atoms with Crippen LogP contribution in [0.5, 0.6) is 11.5 Å². The number of fused-ring (bicyclic) bond motifs is 12. The second-order valence-electron chi connectivity index (χ2n) is 17.8. The zero-order chi connectivity index (χ0) is 46.9. The van der Waals surface area contributed by atoms with Gasteiger partial charge in [-0.05, 0) is 104 Å². The molecule has 2 aliphatic carbocycles. The van der Waals surface area contributed by atoms with Crippen LogP contribution in [0.25, 0.3) is 88.1 Å². The molecule has 68 heavy (non-hydrogen) atoms. The van der Waals surface area contributed by atoms with Crippen molar-refractivity contribution in [3.63, 3.8) is 0 Å². The summed E-state index contributed by atoms with van der Waals surface area (Å²) in [5, 5.41) is 3.96. The molecule has 0 amide bonds. The maximum Gasteiger partial charge on any atom is 0.119 e. The molecule has 0 saturated carbocycles. The highest BCUT2D eigenvalue weighted by Gasteiger charge is 2.44.